The number of ether oxygens (including phenoxy) is 1. The molecular weight excluding hydrogens is 376 g/mol. The zero-order valence-electron chi connectivity index (χ0n) is 17.9. The van der Waals surface area contributed by atoms with Gasteiger partial charge in [-0.3, -0.25) is 0 Å². The second-order valence-corrected chi connectivity index (χ2v) is 9.75. The first kappa shape index (κ1) is 20.4. The van der Waals surface area contributed by atoms with Gasteiger partial charge in [0, 0.05) is 32.9 Å². The molecule has 1 aliphatic heterocycles. The molecule has 2 heterocycles. The highest BCUT2D eigenvalue weighted by atomic mass is 32.2. The van der Waals surface area contributed by atoms with Gasteiger partial charge in [0.25, 0.3) is 0 Å². The molecule has 0 unspecified atom stereocenters. The molecule has 1 aliphatic rings. The third kappa shape index (κ3) is 4.81. The SMILES string of the molecule is CC(C)Oc1cccc(Sc2ccc3[nH]cc(C4CCN(C(C)C)CC4)c3c2)c1. The van der Waals surface area contributed by atoms with E-state index in [9.17, 15) is 0 Å². The van der Waals surface area contributed by atoms with Crippen LogP contribution < -0.4 is 4.74 Å². The number of benzene rings is 2. The quantitative estimate of drug-likeness (QED) is 0.492. The van der Waals surface area contributed by atoms with E-state index in [0.717, 1.165) is 5.75 Å². The summed E-state index contributed by atoms with van der Waals surface area (Å²) in [5, 5.41) is 1.38. The van der Waals surface area contributed by atoms with Crippen molar-refractivity contribution in [2.45, 2.75) is 68.4 Å². The van der Waals surface area contributed by atoms with Gasteiger partial charge in [0.2, 0.25) is 0 Å². The summed E-state index contributed by atoms with van der Waals surface area (Å²) < 4.78 is 5.85. The molecule has 154 valence electrons. The minimum atomic E-state index is 0.191. The van der Waals surface area contributed by atoms with Crippen molar-refractivity contribution in [1.82, 2.24) is 9.88 Å². The van der Waals surface area contributed by atoms with Crippen LogP contribution in [0.4, 0.5) is 0 Å². The number of nitrogens with one attached hydrogen (secondary N) is 1. The van der Waals surface area contributed by atoms with E-state index >= 15 is 0 Å². The van der Waals surface area contributed by atoms with Crippen LogP contribution in [0.1, 0.15) is 52.0 Å². The van der Waals surface area contributed by atoms with Crippen LogP contribution in [0.15, 0.2) is 58.5 Å². The van der Waals surface area contributed by atoms with Gasteiger partial charge < -0.3 is 14.6 Å². The summed E-state index contributed by atoms with van der Waals surface area (Å²) in [5.41, 5.74) is 2.73. The molecule has 29 heavy (non-hydrogen) atoms. The summed E-state index contributed by atoms with van der Waals surface area (Å²) >= 11 is 1.80. The van der Waals surface area contributed by atoms with Crippen LogP contribution in [-0.2, 0) is 0 Å². The summed E-state index contributed by atoms with van der Waals surface area (Å²) in [5.74, 6) is 1.59. The molecule has 0 aliphatic carbocycles. The molecule has 0 amide bonds. The lowest BCUT2D eigenvalue weighted by Gasteiger charge is -2.34. The highest BCUT2D eigenvalue weighted by molar-refractivity contribution is 7.99. The zero-order valence-corrected chi connectivity index (χ0v) is 18.8. The molecule has 1 aromatic heterocycles. The highest BCUT2D eigenvalue weighted by Crippen LogP contribution is 2.37. The fourth-order valence-electron chi connectivity index (χ4n) is 4.27. The molecule has 4 heteroatoms. The Hall–Kier alpha value is -1.91. The fourth-order valence-corrected chi connectivity index (χ4v) is 5.18. The van der Waals surface area contributed by atoms with Crippen molar-refractivity contribution in [3.8, 4) is 5.75 Å². The number of piperidine rings is 1. The molecule has 0 spiro atoms. The van der Waals surface area contributed by atoms with Crippen LogP contribution in [0.25, 0.3) is 10.9 Å². The maximum atomic E-state index is 5.85. The van der Waals surface area contributed by atoms with Gasteiger partial charge in [0.1, 0.15) is 5.75 Å². The highest BCUT2D eigenvalue weighted by Gasteiger charge is 2.24. The minimum absolute atomic E-state index is 0.191. The molecule has 1 fully saturated rings. The molecule has 3 nitrogen and oxygen atoms in total. The Balaban J connectivity index is 1.53. The van der Waals surface area contributed by atoms with Crippen LogP contribution in [0, 0.1) is 0 Å². The Morgan fingerprint density at radius 3 is 2.48 bits per heavy atom. The van der Waals surface area contributed by atoms with E-state index in [1.54, 1.807) is 11.8 Å². The summed E-state index contributed by atoms with van der Waals surface area (Å²) in [6.45, 7) is 11.1. The monoisotopic (exact) mass is 408 g/mol. The second-order valence-electron chi connectivity index (χ2n) is 8.60. The third-order valence-electron chi connectivity index (χ3n) is 5.80. The number of hydrogen-bond donors (Lipinski definition) is 1. The van der Waals surface area contributed by atoms with Crippen molar-refractivity contribution in [2.24, 2.45) is 0 Å². The van der Waals surface area contributed by atoms with Gasteiger partial charge >= 0.3 is 0 Å². The summed E-state index contributed by atoms with van der Waals surface area (Å²) in [6.07, 6.45) is 4.93. The maximum Gasteiger partial charge on any atom is 0.120 e. The standard InChI is InChI=1S/C25H32N2OS/c1-17(2)27-12-10-19(11-13-27)24-16-26-25-9-8-22(15-23(24)25)29-21-7-5-6-20(14-21)28-18(3)4/h5-9,14-19,26H,10-13H2,1-4H3. The Bertz CT molecular complexity index is 954. The minimum Gasteiger partial charge on any atom is -0.491 e. The van der Waals surface area contributed by atoms with Gasteiger partial charge in [-0.05, 0) is 102 Å². The molecule has 0 radical (unpaired) electrons. The lowest BCUT2D eigenvalue weighted by atomic mass is 9.89. The first-order valence-electron chi connectivity index (χ1n) is 10.8. The smallest absolute Gasteiger partial charge is 0.120 e. The predicted octanol–water partition coefficient (Wildman–Crippen LogP) is 6.69. The van der Waals surface area contributed by atoms with Gasteiger partial charge in [0.05, 0.1) is 6.10 Å². The average molecular weight is 409 g/mol. The van der Waals surface area contributed by atoms with Crippen LogP contribution >= 0.6 is 11.8 Å². The van der Waals surface area contributed by atoms with E-state index in [1.165, 1.54) is 52.2 Å². The third-order valence-corrected chi connectivity index (χ3v) is 6.78. The predicted molar refractivity (Wildman–Crippen MR) is 123 cm³/mol. The molecular formula is C25H32N2OS. The van der Waals surface area contributed by atoms with Crippen LogP contribution in [0.5, 0.6) is 5.75 Å². The molecule has 1 saturated heterocycles. The van der Waals surface area contributed by atoms with Gasteiger partial charge in [0.15, 0.2) is 0 Å². The number of hydrogen-bond acceptors (Lipinski definition) is 3. The average Bonchev–Trinajstić information content (AvgIpc) is 3.11. The molecule has 1 N–H and O–H groups in total. The first-order valence-corrected chi connectivity index (χ1v) is 11.6. The van der Waals surface area contributed by atoms with E-state index in [2.05, 4.69) is 80.2 Å². The Morgan fingerprint density at radius 2 is 1.76 bits per heavy atom. The summed E-state index contributed by atoms with van der Waals surface area (Å²) in [4.78, 5) is 8.58. The zero-order chi connectivity index (χ0) is 20.4. The van der Waals surface area contributed by atoms with Gasteiger partial charge in [-0.25, -0.2) is 0 Å². The summed E-state index contributed by atoms with van der Waals surface area (Å²) in [7, 11) is 0. The number of likely N-dealkylation sites (tertiary alicyclic amines) is 1. The largest absolute Gasteiger partial charge is 0.491 e. The Labute approximate surface area is 178 Å². The molecule has 4 rings (SSSR count). The van der Waals surface area contributed by atoms with Crippen LogP contribution in [0.2, 0.25) is 0 Å². The fraction of sp³-hybridized carbons (Fsp3) is 0.440. The van der Waals surface area contributed by atoms with Crippen molar-refractivity contribution in [2.75, 3.05) is 13.1 Å². The lowest BCUT2D eigenvalue weighted by molar-refractivity contribution is 0.172. The van der Waals surface area contributed by atoms with Gasteiger partial charge in [-0.1, -0.05) is 17.8 Å². The number of nitrogens with zero attached hydrogens (tertiary/aromatic N) is 1. The maximum absolute atomic E-state index is 5.85. The normalized spacial score (nSPS) is 16.2. The van der Waals surface area contributed by atoms with Gasteiger partial charge in [-0.15, -0.1) is 0 Å². The lowest BCUT2D eigenvalue weighted by Crippen LogP contribution is -2.37. The molecule has 0 atom stereocenters. The number of aromatic amines is 1. The van der Waals surface area contributed by atoms with E-state index in [4.69, 9.17) is 4.74 Å². The van der Waals surface area contributed by atoms with Crippen LogP contribution in [0.3, 0.4) is 0 Å². The van der Waals surface area contributed by atoms with Crippen molar-refractivity contribution in [3.63, 3.8) is 0 Å². The van der Waals surface area contributed by atoms with E-state index in [1.807, 2.05) is 6.07 Å². The van der Waals surface area contributed by atoms with Crippen LogP contribution in [-0.4, -0.2) is 35.1 Å². The number of fused-ring (bicyclic) bond motifs is 1. The van der Waals surface area contributed by atoms with Crippen molar-refractivity contribution in [1.29, 1.82) is 0 Å². The number of rotatable bonds is 6. The molecule has 0 saturated carbocycles. The Morgan fingerprint density at radius 1 is 1.00 bits per heavy atom. The number of H-pyrrole nitrogens is 1. The Kier molecular flexibility index (Phi) is 6.21. The van der Waals surface area contributed by atoms with Gasteiger partial charge in [-0.2, -0.15) is 0 Å². The van der Waals surface area contributed by atoms with Crippen molar-refractivity contribution in [3.05, 3.63) is 54.2 Å². The van der Waals surface area contributed by atoms with E-state index in [-0.39, 0.29) is 6.10 Å². The molecule has 2 aromatic carbocycles. The van der Waals surface area contributed by atoms with E-state index < -0.39 is 0 Å². The van der Waals surface area contributed by atoms with Crippen molar-refractivity contribution < 1.29 is 4.74 Å². The molecule has 3 aromatic rings. The van der Waals surface area contributed by atoms with Crippen molar-refractivity contribution >= 4 is 22.7 Å². The topological polar surface area (TPSA) is 28.3 Å². The summed E-state index contributed by atoms with van der Waals surface area (Å²) in [6, 6.07) is 15.8. The second kappa shape index (κ2) is 8.85. The first-order chi connectivity index (χ1) is 14.0. The number of aromatic nitrogens is 1. The molecule has 0 bridgehead atoms. The van der Waals surface area contributed by atoms with E-state index in [0.29, 0.717) is 12.0 Å².